The largest absolute Gasteiger partial charge is 0.342 e. The van der Waals surface area contributed by atoms with E-state index >= 15 is 0 Å². The fraction of sp³-hybridized carbons (Fsp3) is 0.471. The molecule has 1 aliphatic heterocycles. The summed E-state index contributed by atoms with van der Waals surface area (Å²) in [6, 6.07) is 6.26. The van der Waals surface area contributed by atoms with Crippen LogP contribution in [0.25, 0.3) is 0 Å². The van der Waals surface area contributed by atoms with Gasteiger partial charge in [0.15, 0.2) is 0 Å². The van der Waals surface area contributed by atoms with Crippen molar-refractivity contribution in [2.24, 2.45) is 0 Å². The van der Waals surface area contributed by atoms with Crippen LogP contribution in [0.2, 0.25) is 5.02 Å². The highest BCUT2D eigenvalue weighted by molar-refractivity contribution is 6.30. The molecule has 0 aromatic heterocycles. The summed E-state index contributed by atoms with van der Waals surface area (Å²) >= 11 is 5.90. The standard InChI is InChI=1S/C17H22ClN3O3/c1-4-17(12-7-9-13(18)10-8-12)15(23)21(16(24)19-17)11-14(22)20(5-2)6-3/h7-10H,4-6,11H2,1-3H3,(H,19,24). The van der Waals surface area contributed by atoms with Gasteiger partial charge in [-0.25, -0.2) is 4.79 Å². The van der Waals surface area contributed by atoms with E-state index in [1.165, 1.54) is 0 Å². The van der Waals surface area contributed by atoms with E-state index in [1.807, 2.05) is 20.8 Å². The molecule has 0 radical (unpaired) electrons. The number of benzene rings is 1. The number of carbonyl (C=O) groups excluding carboxylic acids is 3. The van der Waals surface area contributed by atoms with Crippen molar-refractivity contribution in [3.05, 3.63) is 34.9 Å². The summed E-state index contributed by atoms with van der Waals surface area (Å²) in [6.45, 7) is 6.36. The minimum absolute atomic E-state index is 0.244. The van der Waals surface area contributed by atoms with Crippen molar-refractivity contribution in [1.82, 2.24) is 15.1 Å². The molecule has 6 nitrogen and oxygen atoms in total. The van der Waals surface area contributed by atoms with Crippen molar-refractivity contribution >= 4 is 29.4 Å². The van der Waals surface area contributed by atoms with Gasteiger partial charge >= 0.3 is 6.03 Å². The van der Waals surface area contributed by atoms with E-state index in [0.29, 0.717) is 30.1 Å². The van der Waals surface area contributed by atoms with E-state index < -0.39 is 17.5 Å². The number of nitrogens with one attached hydrogen (secondary N) is 1. The summed E-state index contributed by atoms with van der Waals surface area (Å²) in [7, 11) is 0. The van der Waals surface area contributed by atoms with Crippen LogP contribution in [0.5, 0.6) is 0 Å². The van der Waals surface area contributed by atoms with E-state index in [-0.39, 0.29) is 12.5 Å². The highest BCUT2D eigenvalue weighted by Crippen LogP contribution is 2.33. The first-order valence-electron chi connectivity index (χ1n) is 8.07. The van der Waals surface area contributed by atoms with Gasteiger partial charge in [0.2, 0.25) is 5.91 Å². The second-order valence-electron chi connectivity index (χ2n) is 5.65. The monoisotopic (exact) mass is 351 g/mol. The molecule has 1 aromatic carbocycles. The number of amides is 4. The molecule has 1 unspecified atom stereocenters. The zero-order valence-corrected chi connectivity index (χ0v) is 14.9. The zero-order chi connectivity index (χ0) is 17.9. The minimum Gasteiger partial charge on any atom is -0.342 e. The van der Waals surface area contributed by atoms with Gasteiger partial charge in [0.05, 0.1) is 0 Å². The predicted octanol–water partition coefficient (Wildman–Crippen LogP) is 2.37. The molecule has 1 atom stereocenters. The van der Waals surface area contributed by atoms with Gasteiger partial charge in [-0.1, -0.05) is 30.7 Å². The van der Waals surface area contributed by atoms with Gasteiger partial charge in [0.25, 0.3) is 5.91 Å². The van der Waals surface area contributed by atoms with E-state index in [1.54, 1.807) is 29.2 Å². The third kappa shape index (κ3) is 3.11. The summed E-state index contributed by atoms with van der Waals surface area (Å²) in [5, 5.41) is 3.31. The molecule has 1 heterocycles. The summed E-state index contributed by atoms with van der Waals surface area (Å²) in [6.07, 6.45) is 0.384. The van der Waals surface area contributed by atoms with Gasteiger partial charge < -0.3 is 10.2 Å². The Hall–Kier alpha value is -2.08. The molecule has 1 aromatic rings. The van der Waals surface area contributed by atoms with Gasteiger partial charge in [0.1, 0.15) is 12.1 Å². The van der Waals surface area contributed by atoms with E-state index in [9.17, 15) is 14.4 Å². The zero-order valence-electron chi connectivity index (χ0n) is 14.1. The van der Waals surface area contributed by atoms with Crippen molar-refractivity contribution in [3.63, 3.8) is 0 Å². The van der Waals surface area contributed by atoms with Crippen LogP contribution in [-0.4, -0.2) is 47.3 Å². The van der Waals surface area contributed by atoms with E-state index in [4.69, 9.17) is 11.6 Å². The van der Waals surface area contributed by atoms with Crippen molar-refractivity contribution in [2.75, 3.05) is 19.6 Å². The van der Waals surface area contributed by atoms with Crippen molar-refractivity contribution < 1.29 is 14.4 Å². The molecule has 1 fully saturated rings. The molecule has 130 valence electrons. The van der Waals surface area contributed by atoms with Crippen LogP contribution in [0.15, 0.2) is 24.3 Å². The van der Waals surface area contributed by atoms with Gasteiger partial charge in [0, 0.05) is 18.1 Å². The molecule has 2 rings (SSSR count). The van der Waals surface area contributed by atoms with Crippen molar-refractivity contribution in [1.29, 1.82) is 0 Å². The van der Waals surface area contributed by atoms with Crippen molar-refractivity contribution in [2.45, 2.75) is 32.7 Å². The maximum atomic E-state index is 12.9. The lowest BCUT2D eigenvalue weighted by molar-refractivity contribution is -0.139. The topological polar surface area (TPSA) is 69.7 Å². The average molecular weight is 352 g/mol. The Morgan fingerprint density at radius 3 is 2.25 bits per heavy atom. The normalized spacial score (nSPS) is 20.2. The molecular weight excluding hydrogens is 330 g/mol. The maximum absolute atomic E-state index is 12.9. The quantitative estimate of drug-likeness (QED) is 0.800. The van der Waals surface area contributed by atoms with Crippen LogP contribution < -0.4 is 5.32 Å². The molecule has 1 saturated heterocycles. The summed E-state index contributed by atoms with van der Waals surface area (Å²) in [5.74, 6) is -0.649. The molecule has 4 amide bonds. The number of urea groups is 1. The first-order valence-corrected chi connectivity index (χ1v) is 8.45. The maximum Gasteiger partial charge on any atom is 0.325 e. The summed E-state index contributed by atoms with van der Waals surface area (Å²) < 4.78 is 0. The van der Waals surface area contributed by atoms with Crippen LogP contribution in [0.4, 0.5) is 4.79 Å². The number of hydrogen-bond donors (Lipinski definition) is 1. The lowest BCUT2D eigenvalue weighted by Crippen LogP contribution is -2.45. The van der Waals surface area contributed by atoms with Gasteiger partial charge in [-0.2, -0.15) is 0 Å². The first-order chi connectivity index (χ1) is 11.4. The fourth-order valence-electron chi connectivity index (χ4n) is 2.96. The smallest absolute Gasteiger partial charge is 0.325 e. The number of likely N-dealkylation sites (N-methyl/N-ethyl adjacent to an activating group) is 1. The number of halogens is 1. The Labute approximate surface area is 146 Å². The Balaban J connectivity index is 2.29. The molecule has 1 aliphatic rings. The SMILES string of the molecule is CCN(CC)C(=O)CN1C(=O)NC(CC)(c2ccc(Cl)cc2)C1=O. The lowest BCUT2D eigenvalue weighted by atomic mass is 9.87. The fourth-order valence-corrected chi connectivity index (χ4v) is 3.08. The highest BCUT2D eigenvalue weighted by Gasteiger charge is 2.51. The molecule has 24 heavy (non-hydrogen) atoms. The highest BCUT2D eigenvalue weighted by atomic mass is 35.5. The number of imide groups is 1. The van der Waals surface area contributed by atoms with Crippen LogP contribution in [-0.2, 0) is 15.1 Å². The lowest BCUT2D eigenvalue weighted by Gasteiger charge is -2.26. The predicted molar refractivity (Wildman–Crippen MR) is 91.6 cm³/mol. The summed E-state index contributed by atoms with van der Waals surface area (Å²) in [4.78, 5) is 40.1. The molecule has 7 heteroatoms. The Bertz CT molecular complexity index is 643. The molecular formula is C17H22ClN3O3. The summed E-state index contributed by atoms with van der Waals surface area (Å²) in [5.41, 5.74) is -0.490. The van der Waals surface area contributed by atoms with Crippen LogP contribution in [0.1, 0.15) is 32.8 Å². The van der Waals surface area contributed by atoms with Gasteiger partial charge in [-0.05, 0) is 38.0 Å². The molecule has 0 spiro atoms. The second kappa shape index (κ2) is 7.21. The molecule has 0 saturated carbocycles. The Morgan fingerprint density at radius 1 is 1.17 bits per heavy atom. The average Bonchev–Trinajstić information content (AvgIpc) is 2.82. The Morgan fingerprint density at radius 2 is 1.75 bits per heavy atom. The van der Waals surface area contributed by atoms with Gasteiger partial charge in [-0.3, -0.25) is 14.5 Å². The third-order valence-corrected chi connectivity index (χ3v) is 4.70. The number of carbonyl (C=O) groups is 3. The van der Waals surface area contributed by atoms with Crippen LogP contribution in [0, 0.1) is 0 Å². The second-order valence-corrected chi connectivity index (χ2v) is 6.09. The first kappa shape index (κ1) is 18.3. The third-order valence-electron chi connectivity index (χ3n) is 4.45. The minimum atomic E-state index is -1.15. The number of hydrogen-bond acceptors (Lipinski definition) is 3. The van der Waals surface area contributed by atoms with E-state index in [2.05, 4.69) is 5.32 Å². The van der Waals surface area contributed by atoms with E-state index in [0.717, 1.165) is 4.90 Å². The molecule has 0 aliphatic carbocycles. The van der Waals surface area contributed by atoms with Gasteiger partial charge in [-0.15, -0.1) is 0 Å². The number of rotatable bonds is 6. The van der Waals surface area contributed by atoms with Crippen molar-refractivity contribution in [3.8, 4) is 0 Å². The van der Waals surface area contributed by atoms with Crippen LogP contribution in [0.3, 0.4) is 0 Å². The Kier molecular flexibility index (Phi) is 5.49. The van der Waals surface area contributed by atoms with Crippen LogP contribution >= 0.6 is 11.6 Å². The number of nitrogens with zero attached hydrogens (tertiary/aromatic N) is 2. The molecule has 1 N–H and O–H groups in total. The molecule has 0 bridgehead atoms.